The molecule has 2 aromatic rings. The number of sulfonamides is 1. The summed E-state index contributed by atoms with van der Waals surface area (Å²) in [5.41, 5.74) is 0.616. The summed E-state index contributed by atoms with van der Waals surface area (Å²) in [5, 5.41) is 2.55. The van der Waals surface area contributed by atoms with Crippen molar-refractivity contribution in [2.24, 2.45) is 0 Å². The molecule has 0 saturated heterocycles. The zero-order chi connectivity index (χ0) is 19.3. The van der Waals surface area contributed by atoms with E-state index < -0.39 is 28.3 Å². The summed E-state index contributed by atoms with van der Waals surface area (Å²) in [6.45, 7) is 0.980. The molecular formula is C17H19FN2O5S. The second-order valence-electron chi connectivity index (χ2n) is 5.35. The van der Waals surface area contributed by atoms with E-state index >= 15 is 0 Å². The van der Waals surface area contributed by atoms with E-state index in [1.165, 1.54) is 21.1 Å². The number of rotatable bonds is 7. The van der Waals surface area contributed by atoms with Crippen LogP contribution in [0.3, 0.4) is 0 Å². The Balaban J connectivity index is 2.06. The van der Waals surface area contributed by atoms with Crippen LogP contribution < -0.4 is 19.5 Å². The molecule has 0 atom stereocenters. The smallest absolute Gasteiger partial charge is 0.241 e. The number of nitrogens with one attached hydrogen (secondary N) is 2. The SMILES string of the molecule is COc1ccc(NC(=O)CNS(=O)(=O)c2ccc(F)cc2C)c(OC)c1. The molecule has 0 saturated carbocycles. The highest BCUT2D eigenvalue weighted by Gasteiger charge is 2.19. The third-order valence-corrected chi connectivity index (χ3v) is 5.09. The summed E-state index contributed by atoms with van der Waals surface area (Å²) in [4.78, 5) is 12.0. The van der Waals surface area contributed by atoms with Crippen LogP contribution >= 0.6 is 0 Å². The third kappa shape index (κ3) is 4.70. The van der Waals surface area contributed by atoms with E-state index in [2.05, 4.69) is 10.0 Å². The molecule has 0 aromatic heterocycles. The fourth-order valence-electron chi connectivity index (χ4n) is 2.25. The Labute approximate surface area is 151 Å². The number of halogens is 1. The predicted octanol–water partition coefficient (Wildman–Crippen LogP) is 2.07. The number of aryl methyl sites for hydroxylation is 1. The second-order valence-corrected chi connectivity index (χ2v) is 7.08. The number of carbonyl (C=O) groups is 1. The Morgan fingerprint density at radius 3 is 2.46 bits per heavy atom. The minimum atomic E-state index is -3.95. The standard InChI is InChI=1S/C17H19FN2O5S/c1-11-8-12(18)4-7-16(11)26(22,23)19-10-17(21)20-14-6-5-13(24-2)9-15(14)25-3/h4-9,19H,10H2,1-3H3,(H,20,21). The minimum absolute atomic E-state index is 0.0891. The van der Waals surface area contributed by atoms with Gasteiger partial charge < -0.3 is 14.8 Å². The van der Waals surface area contributed by atoms with E-state index in [-0.39, 0.29) is 10.5 Å². The number of hydrogen-bond acceptors (Lipinski definition) is 5. The van der Waals surface area contributed by atoms with Crippen LogP contribution in [-0.4, -0.2) is 35.1 Å². The van der Waals surface area contributed by atoms with Crippen molar-refractivity contribution < 1.29 is 27.1 Å². The van der Waals surface area contributed by atoms with Gasteiger partial charge >= 0.3 is 0 Å². The highest BCUT2D eigenvalue weighted by Crippen LogP contribution is 2.28. The van der Waals surface area contributed by atoms with Crippen LogP contribution in [0.25, 0.3) is 0 Å². The van der Waals surface area contributed by atoms with Gasteiger partial charge in [-0.25, -0.2) is 17.5 Å². The van der Waals surface area contributed by atoms with Gasteiger partial charge in [-0.05, 0) is 42.8 Å². The number of carbonyl (C=O) groups excluding carboxylic acids is 1. The van der Waals surface area contributed by atoms with Crippen molar-refractivity contribution in [1.82, 2.24) is 4.72 Å². The molecule has 0 aliphatic carbocycles. The number of hydrogen-bond donors (Lipinski definition) is 2. The van der Waals surface area contributed by atoms with Crippen molar-refractivity contribution in [1.29, 1.82) is 0 Å². The lowest BCUT2D eigenvalue weighted by atomic mass is 10.2. The second kappa shape index (κ2) is 8.15. The van der Waals surface area contributed by atoms with Crippen molar-refractivity contribution >= 4 is 21.6 Å². The maximum Gasteiger partial charge on any atom is 0.241 e. The van der Waals surface area contributed by atoms with Crippen molar-refractivity contribution in [2.45, 2.75) is 11.8 Å². The normalized spacial score (nSPS) is 11.1. The van der Waals surface area contributed by atoms with Crippen LogP contribution in [0.5, 0.6) is 11.5 Å². The lowest BCUT2D eigenvalue weighted by Gasteiger charge is -2.12. The Hall–Kier alpha value is -2.65. The third-order valence-electron chi connectivity index (χ3n) is 3.53. The summed E-state index contributed by atoms with van der Waals surface area (Å²) in [5.74, 6) is -0.204. The Kier molecular flexibility index (Phi) is 6.17. The number of amides is 1. The van der Waals surface area contributed by atoms with Gasteiger partial charge in [0.05, 0.1) is 31.3 Å². The zero-order valence-corrected chi connectivity index (χ0v) is 15.3. The summed E-state index contributed by atoms with van der Waals surface area (Å²) >= 11 is 0. The van der Waals surface area contributed by atoms with Gasteiger partial charge in [0.1, 0.15) is 17.3 Å². The molecule has 0 unspecified atom stereocenters. The van der Waals surface area contributed by atoms with Gasteiger partial charge in [0, 0.05) is 6.07 Å². The molecule has 0 heterocycles. The van der Waals surface area contributed by atoms with Crippen LogP contribution in [0.2, 0.25) is 0 Å². The fraction of sp³-hybridized carbons (Fsp3) is 0.235. The molecule has 0 aliphatic heterocycles. The molecular weight excluding hydrogens is 363 g/mol. The summed E-state index contributed by atoms with van der Waals surface area (Å²) in [6, 6.07) is 8.10. The van der Waals surface area contributed by atoms with Gasteiger partial charge in [-0.1, -0.05) is 0 Å². The first-order chi connectivity index (χ1) is 12.3. The van der Waals surface area contributed by atoms with E-state index in [9.17, 15) is 17.6 Å². The fourth-order valence-corrected chi connectivity index (χ4v) is 3.46. The number of methoxy groups -OCH3 is 2. The summed E-state index contributed by atoms with van der Waals surface area (Å²) in [7, 11) is -1.02. The molecule has 140 valence electrons. The molecule has 1 amide bonds. The molecule has 7 nitrogen and oxygen atoms in total. The Bertz CT molecular complexity index is 915. The van der Waals surface area contributed by atoms with E-state index in [0.29, 0.717) is 17.2 Å². The topological polar surface area (TPSA) is 93.7 Å². The molecule has 0 fully saturated rings. The number of ether oxygens (including phenoxy) is 2. The van der Waals surface area contributed by atoms with Gasteiger partial charge in [-0.3, -0.25) is 4.79 Å². The van der Waals surface area contributed by atoms with E-state index in [4.69, 9.17) is 9.47 Å². The molecule has 0 radical (unpaired) electrons. The summed E-state index contributed by atoms with van der Waals surface area (Å²) in [6.07, 6.45) is 0. The van der Waals surface area contributed by atoms with Gasteiger partial charge in [0.15, 0.2) is 0 Å². The van der Waals surface area contributed by atoms with Crippen LogP contribution in [-0.2, 0) is 14.8 Å². The minimum Gasteiger partial charge on any atom is -0.497 e. The van der Waals surface area contributed by atoms with E-state index in [1.807, 2.05) is 0 Å². The molecule has 0 bridgehead atoms. The van der Waals surface area contributed by atoms with Crippen LogP contribution in [0.4, 0.5) is 10.1 Å². The van der Waals surface area contributed by atoms with Crippen molar-refractivity contribution in [3.8, 4) is 11.5 Å². The first kappa shape index (κ1) is 19.7. The maximum absolute atomic E-state index is 13.1. The largest absolute Gasteiger partial charge is 0.497 e. The van der Waals surface area contributed by atoms with Crippen LogP contribution in [0.1, 0.15) is 5.56 Å². The molecule has 2 aromatic carbocycles. The molecule has 2 rings (SSSR count). The maximum atomic E-state index is 13.1. The monoisotopic (exact) mass is 382 g/mol. The first-order valence-corrected chi connectivity index (χ1v) is 9.03. The van der Waals surface area contributed by atoms with Crippen molar-refractivity contribution in [2.75, 3.05) is 26.1 Å². The predicted molar refractivity (Wildman–Crippen MR) is 94.5 cm³/mol. The van der Waals surface area contributed by atoms with Gasteiger partial charge in [-0.2, -0.15) is 0 Å². The van der Waals surface area contributed by atoms with Crippen LogP contribution in [0.15, 0.2) is 41.3 Å². The average molecular weight is 382 g/mol. The lowest BCUT2D eigenvalue weighted by molar-refractivity contribution is -0.115. The molecule has 2 N–H and O–H groups in total. The Morgan fingerprint density at radius 1 is 1.12 bits per heavy atom. The Morgan fingerprint density at radius 2 is 1.85 bits per heavy atom. The van der Waals surface area contributed by atoms with Crippen LogP contribution in [0, 0.1) is 12.7 Å². The van der Waals surface area contributed by atoms with Gasteiger partial charge in [0.2, 0.25) is 15.9 Å². The van der Waals surface area contributed by atoms with Gasteiger partial charge in [-0.15, -0.1) is 0 Å². The highest BCUT2D eigenvalue weighted by molar-refractivity contribution is 7.89. The highest BCUT2D eigenvalue weighted by atomic mass is 32.2. The van der Waals surface area contributed by atoms with E-state index in [1.54, 1.807) is 18.2 Å². The number of anilines is 1. The quantitative estimate of drug-likeness (QED) is 0.765. The van der Waals surface area contributed by atoms with E-state index in [0.717, 1.165) is 18.2 Å². The zero-order valence-electron chi connectivity index (χ0n) is 14.5. The lowest BCUT2D eigenvalue weighted by Crippen LogP contribution is -2.33. The van der Waals surface area contributed by atoms with Crippen molar-refractivity contribution in [3.05, 3.63) is 47.8 Å². The summed E-state index contributed by atoms with van der Waals surface area (Å²) < 4.78 is 50.1. The first-order valence-electron chi connectivity index (χ1n) is 7.54. The number of benzene rings is 2. The van der Waals surface area contributed by atoms with Crippen molar-refractivity contribution in [3.63, 3.8) is 0 Å². The average Bonchev–Trinajstić information content (AvgIpc) is 2.60. The molecule has 9 heteroatoms. The molecule has 0 spiro atoms. The molecule has 0 aliphatic rings. The molecule has 26 heavy (non-hydrogen) atoms. The van der Waals surface area contributed by atoms with Gasteiger partial charge in [0.25, 0.3) is 0 Å².